The summed E-state index contributed by atoms with van der Waals surface area (Å²) in [6.07, 6.45) is 4.06. The van der Waals surface area contributed by atoms with Crippen LogP contribution in [0, 0.1) is 11.3 Å². The number of nitrogens with zero attached hydrogens (tertiary/aromatic N) is 1. The Hall–Kier alpha value is -2.08. The Bertz CT molecular complexity index is 767. The van der Waals surface area contributed by atoms with Crippen LogP contribution in [0.2, 0.25) is 5.02 Å². The van der Waals surface area contributed by atoms with Crippen LogP contribution in [-0.4, -0.2) is 34.9 Å². The van der Waals surface area contributed by atoms with Crippen molar-refractivity contribution in [1.82, 2.24) is 10.2 Å². The largest absolute Gasteiger partial charge is 0.425 e. The topological polar surface area (TPSA) is 75.7 Å². The highest BCUT2D eigenvalue weighted by Gasteiger charge is 2.53. The van der Waals surface area contributed by atoms with Gasteiger partial charge in [0.1, 0.15) is 17.8 Å². The van der Waals surface area contributed by atoms with Gasteiger partial charge < -0.3 is 10.1 Å². The number of carbonyl (C=O) groups is 3. The molecule has 7 heteroatoms. The lowest BCUT2D eigenvalue weighted by Crippen LogP contribution is -2.51. The van der Waals surface area contributed by atoms with Crippen LogP contribution in [0.1, 0.15) is 52.9 Å². The number of ether oxygens (including phenoxy) is 1. The first-order valence-corrected chi connectivity index (χ1v) is 10.1. The predicted octanol–water partition coefficient (Wildman–Crippen LogP) is 4.16. The molecule has 1 aromatic rings. The third-order valence-electron chi connectivity index (χ3n) is 6.43. The standard InChI is InChI=1S/C21H27ClN2O4/c1-4-20(2,3)14-9-11-21(12-10-14)18(26)24(19(27)23-21)13-17(25)28-16-7-5-15(22)6-8-16/h5-8,14H,4,9-13H2,1-3H3,(H,23,27). The molecule has 1 spiro atoms. The van der Waals surface area contributed by atoms with Crippen LogP contribution in [-0.2, 0) is 9.59 Å². The highest BCUT2D eigenvalue weighted by atomic mass is 35.5. The van der Waals surface area contributed by atoms with E-state index in [-0.39, 0.29) is 11.3 Å². The number of urea groups is 1. The van der Waals surface area contributed by atoms with Crippen molar-refractivity contribution in [1.29, 1.82) is 0 Å². The molecule has 0 unspecified atom stereocenters. The minimum Gasteiger partial charge on any atom is -0.425 e. The van der Waals surface area contributed by atoms with E-state index < -0.39 is 24.1 Å². The molecule has 28 heavy (non-hydrogen) atoms. The van der Waals surface area contributed by atoms with Crippen LogP contribution in [0.4, 0.5) is 4.79 Å². The molecule has 0 bridgehead atoms. The van der Waals surface area contributed by atoms with Crippen LogP contribution in [0.25, 0.3) is 0 Å². The molecule has 1 heterocycles. The van der Waals surface area contributed by atoms with Gasteiger partial charge in [-0.15, -0.1) is 0 Å². The summed E-state index contributed by atoms with van der Waals surface area (Å²) >= 11 is 5.81. The number of hydrogen-bond acceptors (Lipinski definition) is 4. The zero-order chi connectivity index (χ0) is 20.5. The summed E-state index contributed by atoms with van der Waals surface area (Å²) in [5.41, 5.74) is -0.659. The van der Waals surface area contributed by atoms with Crippen molar-refractivity contribution in [2.24, 2.45) is 11.3 Å². The van der Waals surface area contributed by atoms with E-state index in [1.165, 1.54) is 0 Å². The van der Waals surface area contributed by atoms with E-state index in [2.05, 4.69) is 26.1 Å². The monoisotopic (exact) mass is 406 g/mol. The van der Waals surface area contributed by atoms with Gasteiger partial charge in [0, 0.05) is 5.02 Å². The van der Waals surface area contributed by atoms with Crippen LogP contribution >= 0.6 is 11.6 Å². The lowest BCUT2D eigenvalue weighted by molar-refractivity contribution is -0.141. The fourth-order valence-corrected chi connectivity index (χ4v) is 4.26. The van der Waals surface area contributed by atoms with Crippen molar-refractivity contribution in [2.45, 2.75) is 58.4 Å². The van der Waals surface area contributed by atoms with E-state index in [4.69, 9.17) is 16.3 Å². The lowest BCUT2D eigenvalue weighted by Gasteiger charge is -2.42. The van der Waals surface area contributed by atoms with Crippen molar-refractivity contribution < 1.29 is 19.1 Å². The van der Waals surface area contributed by atoms with Crippen LogP contribution in [0.15, 0.2) is 24.3 Å². The number of nitrogens with one attached hydrogen (secondary N) is 1. The maximum atomic E-state index is 13.0. The van der Waals surface area contributed by atoms with Gasteiger partial charge in [-0.2, -0.15) is 0 Å². The first kappa shape index (κ1) is 20.6. The molecule has 1 aromatic carbocycles. The van der Waals surface area contributed by atoms with Crippen molar-refractivity contribution >= 4 is 29.5 Å². The average molecular weight is 407 g/mol. The molecular weight excluding hydrogens is 380 g/mol. The third-order valence-corrected chi connectivity index (χ3v) is 6.69. The maximum absolute atomic E-state index is 13.0. The number of carbonyl (C=O) groups excluding carboxylic acids is 3. The minimum atomic E-state index is -0.877. The highest BCUT2D eigenvalue weighted by Crippen LogP contribution is 2.45. The number of rotatable bonds is 5. The molecular formula is C21H27ClN2O4. The number of hydrogen-bond donors (Lipinski definition) is 1. The molecule has 1 aliphatic heterocycles. The van der Waals surface area contributed by atoms with Gasteiger partial charge in [0.05, 0.1) is 0 Å². The second-order valence-corrected chi connectivity index (χ2v) is 8.88. The molecule has 1 N–H and O–H groups in total. The summed E-state index contributed by atoms with van der Waals surface area (Å²) in [6, 6.07) is 5.80. The van der Waals surface area contributed by atoms with Crippen molar-refractivity contribution in [3.63, 3.8) is 0 Å². The van der Waals surface area contributed by atoms with Crippen molar-refractivity contribution in [2.75, 3.05) is 6.54 Å². The Morgan fingerprint density at radius 2 is 1.86 bits per heavy atom. The number of halogens is 1. The van der Waals surface area contributed by atoms with E-state index in [1.54, 1.807) is 24.3 Å². The van der Waals surface area contributed by atoms with Gasteiger partial charge in [-0.05, 0) is 61.3 Å². The summed E-state index contributed by atoms with van der Waals surface area (Å²) < 4.78 is 5.21. The number of benzene rings is 1. The van der Waals surface area contributed by atoms with E-state index in [0.29, 0.717) is 29.5 Å². The SMILES string of the molecule is CCC(C)(C)C1CCC2(CC1)NC(=O)N(CC(=O)Oc1ccc(Cl)cc1)C2=O. The van der Waals surface area contributed by atoms with E-state index in [1.807, 2.05) is 0 Å². The van der Waals surface area contributed by atoms with E-state index in [9.17, 15) is 14.4 Å². The molecule has 0 aromatic heterocycles. The average Bonchev–Trinajstić information content (AvgIpc) is 2.88. The van der Waals surface area contributed by atoms with Gasteiger partial charge in [-0.3, -0.25) is 9.69 Å². The molecule has 3 amide bonds. The summed E-state index contributed by atoms with van der Waals surface area (Å²) in [6.45, 7) is 6.29. The van der Waals surface area contributed by atoms with Crippen LogP contribution in [0.5, 0.6) is 5.75 Å². The Morgan fingerprint density at radius 3 is 2.43 bits per heavy atom. The maximum Gasteiger partial charge on any atom is 0.331 e. The van der Waals surface area contributed by atoms with Crippen LogP contribution in [0.3, 0.4) is 0 Å². The van der Waals surface area contributed by atoms with Crippen molar-refractivity contribution in [3.8, 4) is 5.75 Å². The summed E-state index contributed by atoms with van der Waals surface area (Å²) in [4.78, 5) is 38.5. The highest BCUT2D eigenvalue weighted by molar-refractivity contribution is 6.30. The second kappa shape index (κ2) is 7.74. The van der Waals surface area contributed by atoms with Gasteiger partial charge in [-0.25, -0.2) is 9.59 Å². The molecule has 3 rings (SSSR count). The van der Waals surface area contributed by atoms with Crippen LogP contribution < -0.4 is 10.1 Å². The molecule has 6 nitrogen and oxygen atoms in total. The first-order chi connectivity index (χ1) is 13.2. The number of esters is 1. The molecule has 0 atom stereocenters. The molecule has 152 valence electrons. The van der Waals surface area contributed by atoms with Gasteiger partial charge in [-0.1, -0.05) is 38.8 Å². The van der Waals surface area contributed by atoms with Gasteiger partial charge in [0.15, 0.2) is 0 Å². The smallest absolute Gasteiger partial charge is 0.331 e. The molecule has 2 fully saturated rings. The number of imide groups is 1. The van der Waals surface area contributed by atoms with Gasteiger partial charge in [0.2, 0.25) is 0 Å². The Balaban J connectivity index is 1.62. The van der Waals surface area contributed by atoms with Crippen molar-refractivity contribution in [3.05, 3.63) is 29.3 Å². The number of amides is 3. The molecule has 2 aliphatic rings. The van der Waals surface area contributed by atoms with E-state index in [0.717, 1.165) is 24.2 Å². The Labute approximate surface area is 170 Å². The summed E-state index contributed by atoms with van der Waals surface area (Å²) in [5, 5.41) is 3.37. The Kier molecular flexibility index (Phi) is 5.71. The van der Waals surface area contributed by atoms with Gasteiger partial charge >= 0.3 is 12.0 Å². The first-order valence-electron chi connectivity index (χ1n) is 9.77. The second-order valence-electron chi connectivity index (χ2n) is 8.45. The zero-order valence-corrected chi connectivity index (χ0v) is 17.3. The lowest BCUT2D eigenvalue weighted by atomic mass is 9.65. The van der Waals surface area contributed by atoms with E-state index >= 15 is 0 Å². The quantitative estimate of drug-likeness (QED) is 0.452. The fourth-order valence-electron chi connectivity index (χ4n) is 4.13. The summed E-state index contributed by atoms with van der Waals surface area (Å²) in [5.74, 6) is -0.141. The molecule has 0 radical (unpaired) electrons. The molecule has 1 saturated heterocycles. The summed E-state index contributed by atoms with van der Waals surface area (Å²) in [7, 11) is 0. The normalized spacial score (nSPS) is 25.1. The zero-order valence-electron chi connectivity index (χ0n) is 16.6. The third kappa shape index (κ3) is 4.02. The minimum absolute atomic E-state index is 0.218. The predicted molar refractivity (Wildman–Crippen MR) is 106 cm³/mol. The fraction of sp³-hybridized carbons (Fsp3) is 0.571. The Morgan fingerprint density at radius 1 is 1.25 bits per heavy atom. The van der Waals surface area contributed by atoms with Gasteiger partial charge in [0.25, 0.3) is 5.91 Å². The molecule has 1 aliphatic carbocycles. The molecule has 1 saturated carbocycles.